The molecule has 0 bridgehead atoms. The average Bonchev–Trinajstić information content (AvgIpc) is 3.86. The number of para-hydroxylation sites is 2. The van der Waals surface area contributed by atoms with Crippen molar-refractivity contribution in [2.75, 3.05) is 4.90 Å². The number of fused-ring (bicyclic) bond motifs is 11. The summed E-state index contributed by atoms with van der Waals surface area (Å²) >= 11 is 0. The van der Waals surface area contributed by atoms with Crippen LogP contribution in [0.3, 0.4) is 0 Å². The maximum Gasteiger partial charge on any atom is 0.143 e. The van der Waals surface area contributed by atoms with Crippen molar-refractivity contribution in [2.24, 2.45) is 0 Å². The Bertz CT molecular complexity index is 3370. The highest BCUT2D eigenvalue weighted by molar-refractivity contribution is 6.17. The number of aromatic nitrogens is 1. The van der Waals surface area contributed by atoms with E-state index in [0.29, 0.717) is 0 Å². The molecule has 57 heavy (non-hydrogen) atoms. The molecule has 0 radical (unpaired) electrons. The highest BCUT2D eigenvalue weighted by Gasteiger charge is 2.18. The van der Waals surface area contributed by atoms with Gasteiger partial charge in [-0.15, -0.1) is 0 Å². The molecular weight excluding hydrogens is 697 g/mol. The molecule has 0 saturated heterocycles. The van der Waals surface area contributed by atoms with Gasteiger partial charge in [0.05, 0.1) is 5.52 Å². The van der Waals surface area contributed by atoms with Crippen LogP contribution in [0.4, 0.5) is 17.1 Å². The minimum Gasteiger partial charge on any atom is -0.455 e. The number of anilines is 3. The maximum absolute atomic E-state index is 6.53. The van der Waals surface area contributed by atoms with Crippen molar-refractivity contribution in [3.8, 4) is 22.3 Å². The summed E-state index contributed by atoms with van der Waals surface area (Å²) < 4.78 is 13.1. The molecule has 12 rings (SSSR count). The van der Waals surface area contributed by atoms with Gasteiger partial charge in [0.2, 0.25) is 0 Å². The summed E-state index contributed by atoms with van der Waals surface area (Å²) in [5.41, 5.74) is 12.3. The quantitative estimate of drug-likeness (QED) is 0.177. The van der Waals surface area contributed by atoms with Gasteiger partial charge in [0, 0.05) is 61.0 Å². The molecule has 0 fully saturated rings. The molecule has 4 nitrogen and oxygen atoms in total. The standard InChI is InChI=1S/C53H32N2O2/c1-3-9-50-43(7-1)45-27-21-36-19-25-41(31-47(36)52(45)56-50)55(42-26-20-37-22-28-46-44-8-2-4-10-51(44)57-53(46)48(37)32-42)40-23-17-34(18-24-40)33-11-13-35(14-12-33)39-16-15-38-6-5-29-54-49(38)30-39/h1-32H. The summed E-state index contributed by atoms with van der Waals surface area (Å²) in [6.07, 6.45) is 1.85. The Hall–Kier alpha value is -7.69. The van der Waals surface area contributed by atoms with Crippen LogP contribution in [0.1, 0.15) is 0 Å². The van der Waals surface area contributed by atoms with Crippen LogP contribution >= 0.6 is 0 Å². The SMILES string of the molecule is c1cnc2cc(-c3ccc(-c4ccc(N(c5ccc6ccc7c8ccccc8oc7c6c5)c5ccc6ccc7c8ccccc8oc7c6c5)cc4)cc3)ccc2c1. The fraction of sp³-hybridized carbons (Fsp3) is 0. The van der Waals surface area contributed by atoms with Gasteiger partial charge in [0.25, 0.3) is 0 Å². The molecule has 3 aromatic heterocycles. The van der Waals surface area contributed by atoms with Crippen LogP contribution in [0.2, 0.25) is 0 Å². The topological polar surface area (TPSA) is 42.4 Å². The zero-order chi connectivity index (χ0) is 37.5. The summed E-state index contributed by atoms with van der Waals surface area (Å²) in [6, 6.07) is 66.8. The smallest absolute Gasteiger partial charge is 0.143 e. The van der Waals surface area contributed by atoms with E-state index in [1.807, 2.05) is 36.5 Å². The second-order valence-electron chi connectivity index (χ2n) is 14.8. The van der Waals surface area contributed by atoms with Gasteiger partial charge in [-0.3, -0.25) is 4.98 Å². The van der Waals surface area contributed by atoms with Crippen LogP contribution in [0.15, 0.2) is 203 Å². The predicted octanol–water partition coefficient (Wildman–Crippen LogP) is 15.1. The first-order valence-electron chi connectivity index (χ1n) is 19.3. The summed E-state index contributed by atoms with van der Waals surface area (Å²) in [7, 11) is 0. The molecule has 0 aliphatic rings. The van der Waals surface area contributed by atoms with E-state index in [2.05, 4.69) is 168 Å². The van der Waals surface area contributed by atoms with Gasteiger partial charge in [-0.05, 0) is 106 Å². The Labute approximate surface area is 327 Å². The second kappa shape index (κ2) is 12.4. The normalized spacial score (nSPS) is 11.9. The third-order valence-corrected chi connectivity index (χ3v) is 11.5. The first kappa shape index (κ1) is 31.6. The summed E-state index contributed by atoms with van der Waals surface area (Å²) in [6.45, 7) is 0. The van der Waals surface area contributed by atoms with Gasteiger partial charge in [-0.2, -0.15) is 0 Å². The predicted molar refractivity (Wildman–Crippen MR) is 237 cm³/mol. The van der Waals surface area contributed by atoms with Crippen LogP contribution in [0.25, 0.3) is 98.6 Å². The first-order chi connectivity index (χ1) is 28.2. The number of hydrogen-bond donors (Lipinski definition) is 0. The molecular formula is C53H32N2O2. The first-order valence-corrected chi connectivity index (χ1v) is 19.3. The fourth-order valence-electron chi connectivity index (χ4n) is 8.61. The molecule has 4 heteroatoms. The molecule has 0 amide bonds. The lowest BCUT2D eigenvalue weighted by Crippen LogP contribution is -2.10. The van der Waals surface area contributed by atoms with Gasteiger partial charge in [0.15, 0.2) is 0 Å². The highest BCUT2D eigenvalue weighted by Crippen LogP contribution is 2.43. The molecule has 0 saturated carbocycles. The van der Waals surface area contributed by atoms with Crippen LogP contribution in [-0.2, 0) is 0 Å². The Balaban J connectivity index is 0.990. The lowest BCUT2D eigenvalue weighted by molar-refractivity contribution is 0.672. The van der Waals surface area contributed by atoms with Crippen molar-refractivity contribution < 1.29 is 8.83 Å². The summed E-state index contributed by atoms with van der Waals surface area (Å²) in [5, 5.41) is 10.0. The lowest BCUT2D eigenvalue weighted by Gasteiger charge is -2.26. The Morgan fingerprint density at radius 3 is 1.40 bits per heavy atom. The van der Waals surface area contributed by atoms with Gasteiger partial charge in [-0.1, -0.05) is 115 Å². The minimum absolute atomic E-state index is 0.893. The number of benzene rings is 9. The molecule has 0 atom stereocenters. The van der Waals surface area contributed by atoms with Gasteiger partial charge >= 0.3 is 0 Å². The van der Waals surface area contributed by atoms with E-state index < -0.39 is 0 Å². The maximum atomic E-state index is 6.53. The minimum atomic E-state index is 0.893. The van der Waals surface area contributed by atoms with Crippen molar-refractivity contribution in [3.05, 3.63) is 194 Å². The second-order valence-corrected chi connectivity index (χ2v) is 14.8. The third-order valence-electron chi connectivity index (χ3n) is 11.5. The summed E-state index contributed by atoms with van der Waals surface area (Å²) in [4.78, 5) is 6.90. The van der Waals surface area contributed by atoms with Crippen molar-refractivity contribution in [1.82, 2.24) is 4.98 Å². The Kier molecular flexibility index (Phi) is 6.89. The van der Waals surface area contributed by atoms with E-state index in [4.69, 9.17) is 8.83 Å². The molecule has 0 spiro atoms. The molecule has 12 aromatic rings. The fourth-order valence-corrected chi connectivity index (χ4v) is 8.61. The van der Waals surface area contributed by atoms with Crippen LogP contribution in [0.5, 0.6) is 0 Å². The molecule has 266 valence electrons. The zero-order valence-electron chi connectivity index (χ0n) is 30.7. The molecule has 0 N–H and O–H groups in total. The molecule has 0 aliphatic heterocycles. The zero-order valence-corrected chi connectivity index (χ0v) is 30.7. The number of nitrogens with zero attached hydrogens (tertiary/aromatic N) is 2. The highest BCUT2D eigenvalue weighted by atomic mass is 16.3. The van der Waals surface area contributed by atoms with Crippen LogP contribution in [-0.4, -0.2) is 4.98 Å². The van der Waals surface area contributed by atoms with Crippen molar-refractivity contribution in [1.29, 1.82) is 0 Å². The largest absolute Gasteiger partial charge is 0.455 e. The van der Waals surface area contributed by atoms with E-state index >= 15 is 0 Å². The third kappa shape index (κ3) is 5.12. The molecule has 0 aliphatic carbocycles. The van der Waals surface area contributed by atoms with Gasteiger partial charge < -0.3 is 13.7 Å². The van der Waals surface area contributed by atoms with E-state index in [0.717, 1.165) is 110 Å². The lowest BCUT2D eigenvalue weighted by atomic mass is 9.99. The molecule has 0 unspecified atom stereocenters. The number of furan rings is 2. The van der Waals surface area contributed by atoms with E-state index in [1.165, 1.54) is 5.56 Å². The Morgan fingerprint density at radius 2 is 0.807 bits per heavy atom. The van der Waals surface area contributed by atoms with E-state index in [-0.39, 0.29) is 0 Å². The van der Waals surface area contributed by atoms with E-state index in [9.17, 15) is 0 Å². The molecule has 9 aromatic carbocycles. The van der Waals surface area contributed by atoms with Crippen molar-refractivity contribution >= 4 is 93.4 Å². The van der Waals surface area contributed by atoms with Gasteiger partial charge in [-0.25, -0.2) is 0 Å². The number of hydrogen-bond acceptors (Lipinski definition) is 4. The van der Waals surface area contributed by atoms with Crippen LogP contribution < -0.4 is 4.90 Å². The van der Waals surface area contributed by atoms with Gasteiger partial charge in [0.1, 0.15) is 22.3 Å². The average molecular weight is 729 g/mol. The van der Waals surface area contributed by atoms with Crippen LogP contribution in [0, 0.1) is 0 Å². The van der Waals surface area contributed by atoms with E-state index in [1.54, 1.807) is 0 Å². The van der Waals surface area contributed by atoms with Crippen molar-refractivity contribution in [3.63, 3.8) is 0 Å². The van der Waals surface area contributed by atoms with Crippen molar-refractivity contribution in [2.45, 2.75) is 0 Å². The number of rotatable bonds is 5. The Morgan fingerprint density at radius 1 is 0.333 bits per heavy atom. The monoisotopic (exact) mass is 728 g/mol. The number of pyridine rings is 1. The molecule has 3 heterocycles. The summed E-state index contributed by atoms with van der Waals surface area (Å²) in [5.74, 6) is 0.